The van der Waals surface area contributed by atoms with Gasteiger partial charge in [-0.25, -0.2) is 0 Å². The average molecular weight is 281 g/mol. The van der Waals surface area contributed by atoms with E-state index in [0.717, 1.165) is 13.2 Å². The average Bonchev–Trinajstić information content (AvgIpc) is 2.86. The maximum atomic E-state index is 5.85. The van der Waals surface area contributed by atoms with Crippen LogP contribution in [0.15, 0.2) is 11.4 Å². The lowest BCUT2D eigenvalue weighted by atomic mass is 9.98. The molecule has 1 aliphatic heterocycles. The standard InChI is InChI=1S/C16H27NOS/c1-3-9-17-16(14-11-13(2)19-12-14)8-7-15-6-4-5-10-18-15/h11-12,15-17H,3-10H2,1-2H3. The molecule has 1 saturated heterocycles. The fourth-order valence-electron chi connectivity index (χ4n) is 2.74. The van der Waals surface area contributed by atoms with Crippen molar-refractivity contribution in [2.45, 2.75) is 64.5 Å². The molecule has 0 amide bonds. The zero-order valence-electron chi connectivity index (χ0n) is 12.3. The van der Waals surface area contributed by atoms with Gasteiger partial charge in [-0.2, -0.15) is 0 Å². The summed E-state index contributed by atoms with van der Waals surface area (Å²) < 4.78 is 5.85. The van der Waals surface area contributed by atoms with Crippen LogP contribution in [0.3, 0.4) is 0 Å². The molecule has 1 fully saturated rings. The molecular formula is C16H27NOS. The van der Waals surface area contributed by atoms with Crippen LogP contribution < -0.4 is 5.32 Å². The van der Waals surface area contributed by atoms with E-state index in [-0.39, 0.29) is 0 Å². The smallest absolute Gasteiger partial charge is 0.0575 e. The third-order valence-corrected chi connectivity index (χ3v) is 4.72. The van der Waals surface area contributed by atoms with Gasteiger partial charge in [-0.1, -0.05) is 6.92 Å². The quantitative estimate of drug-likeness (QED) is 0.797. The molecule has 0 saturated carbocycles. The first kappa shape index (κ1) is 15.0. The predicted molar refractivity (Wildman–Crippen MR) is 82.9 cm³/mol. The summed E-state index contributed by atoms with van der Waals surface area (Å²) in [6.45, 7) is 6.49. The molecule has 2 atom stereocenters. The Hall–Kier alpha value is -0.380. The Bertz CT molecular complexity index is 357. The summed E-state index contributed by atoms with van der Waals surface area (Å²) in [5.41, 5.74) is 1.46. The Morgan fingerprint density at radius 3 is 3.00 bits per heavy atom. The van der Waals surface area contributed by atoms with E-state index in [2.05, 4.69) is 30.6 Å². The van der Waals surface area contributed by atoms with E-state index in [1.54, 1.807) is 0 Å². The summed E-state index contributed by atoms with van der Waals surface area (Å²) in [5.74, 6) is 0. The van der Waals surface area contributed by atoms with Gasteiger partial charge in [0.25, 0.3) is 0 Å². The number of hydrogen-bond donors (Lipinski definition) is 1. The van der Waals surface area contributed by atoms with E-state index in [1.807, 2.05) is 11.3 Å². The summed E-state index contributed by atoms with van der Waals surface area (Å²) in [5, 5.41) is 6.00. The van der Waals surface area contributed by atoms with Crippen molar-refractivity contribution in [1.82, 2.24) is 5.32 Å². The minimum Gasteiger partial charge on any atom is -0.378 e. The van der Waals surface area contributed by atoms with Gasteiger partial charge >= 0.3 is 0 Å². The van der Waals surface area contributed by atoms with Gasteiger partial charge in [0, 0.05) is 17.5 Å². The predicted octanol–water partition coefficient (Wildman–Crippen LogP) is 4.45. The van der Waals surface area contributed by atoms with Crippen LogP contribution in [0.4, 0.5) is 0 Å². The van der Waals surface area contributed by atoms with Gasteiger partial charge < -0.3 is 10.1 Å². The van der Waals surface area contributed by atoms with Gasteiger partial charge in [-0.3, -0.25) is 0 Å². The molecule has 0 radical (unpaired) electrons. The molecule has 0 aromatic carbocycles. The molecule has 1 N–H and O–H groups in total. The molecule has 2 heterocycles. The Balaban J connectivity index is 1.86. The molecular weight excluding hydrogens is 254 g/mol. The molecule has 108 valence electrons. The number of nitrogens with one attached hydrogen (secondary N) is 1. The molecule has 0 aliphatic carbocycles. The van der Waals surface area contributed by atoms with Gasteiger partial charge in [0.2, 0.25) is 0 Å². The highest BCUT2D eigenvalue weighted by atomic mass is 32.1. The van der Waals surface area contributed by atoms with Crippen LogP contribution in [0.5, 0.6) is 0 Å². The minimum absolute atomic E-state index is 0.499. The van der Waals surface area contributed by atoms with Crippen molar-refractivity contribution < 1.29 is 4.74 Å². The first-order valence-corrected chi connectivity index (χ1v) is 8.57. The van der Waals surface area contributed by atoms with E-state index in [1.165, 1.54) is 49.0 Å². The van der Waals surface area contributed by atoms with E-state index in [9.17, 15) is 0 Å². The van der Waals surface area contributed by atoms with Crippen molar-refractivity contribution in [3.63, 3.8) is 0 Å². The van der Waals surface area contributed by atoms with Crippen LogP contribution >= 0.6 is 11.3 Å². The molecule has 1 aromatic rings. The lowest BCUT2D eigenvalue weighted by Crippen LogP contribution is -2.25. The lowest BCUT2D eigenvalue weighted by molar-refractivity contribution is 0.00855. The van der Waals surface area contributed by atoms with Crippen LogP contribution in [-0.2, 0) is 4.74 Å². The second kappa shape index (κ2) is 8.03. The highest BCUT2D eigenvalue weighted by Gasteiger charge is 2.18. The summed E-state index contributed by atoms with van der Waals surface area (Å²) in [6, 6.07) is 2.84. The highest BCUT2D eigenvalue weighted by Crippen LogP contribution is 2.26. The van der Waals surface area contributed by atoms with Crippen molar-refractivity contribution in [3.8, 4) is 0 Å². The second-order valence-corrected chi connectivity index (χ2v) is 6.68. The first-order valence-electron chi connectivity index (χ1n) is 7.69. The van der Waals surface area contributed by atoms with Crippen LogP contribution in [0.1, 0.15) is 61.9 Å². The third kappa shape index (κ3) is 4.90. The lowest BCUT2D eigenvalue weighted by Gasteiger charge is -2.25. The first-order chi connectivity index (χ1) is 9.29. The monoisotopic (exact) mass is 281 g/mol. The van der Waals surface area contributed by atoms with Crippen LogP contribution in [0, 0.1) is 6.92 Å². The zero-order valence-corrected chi connectivity index (χ0v) is 13.1. The van der Waals surface area contributed by atoms with Gasteiger partial charge in [-0.05, 0) is 69.0 Å². The number of rotatable bonds is 7. The van der Waals surface area contributed by atoms with Crippen LogP contribution in [-0.4, -0.2) is 19.3 Å². The van der Waals surface area contributed by atoms with Crippen LogP contribution in [0.2, 0.25) is 0 Å². The maximum Gasteiger partial charge on any atom is 0.0575 e. The Kier molecular flexibility index (Phi) is 6.35. The highest BCUT2D eigenvalue weighted by molar-refractivity contribution is 7.10. The molecule has 2 rings (SSSR count). The number of ether oxygens (including phenoxy) is 1. The summed E-state index contributed by atoms with van der Waals surface area (Å²) in [6.07, 6.45) is 7.92. The molecule has 1 aliphatic rings. The molecule has 2 nitrogen and oxygen atoms in total. The summed E-state index contributed by atoms with van der Waals surface area (Å²) in [4.78, 5) is 1.41. The number of hydrogen-bond acceptors (Lipinski definition) is 3. The molecule has 1 aromatic heterocycles. The van der Waals surface area contributed by atoms with E-state index >= 15 is 0 Å². The van der Waals surface area contributed by atoms with Crippen LogP contribution in [0.25, 0.3) is 0 Å². The third-order valence-electron chi connectivity index (χ3n) is 3.85. The second-order valence-electron chi connectivity index (χ2n) is 5.56. The van der Waals surface area contributed by atoms with E-state index in [4.69, 9.17) is 4.74 Å². The molecule has 0 spiro atoms. The van der Waals surface area contributed by atoms with Crippen molar-refractivity contribution in [2.24, 2.45) is 0 Å². The van der Waals surface area contributed by atoms with Crippen molar-refractivity contribution >= 4 is 11.3 Å². The number of aryl methyl sites for hydroxylation is 1. The van der Waals surface area contributed by atoms with Gasteiger partial charge in [0.15, 0.2) is 0 Å². The van der Waals surface area contributed by atoms with Gasteiger partial charge in [0.05, 0.1) is 6.10 Å². The van der Waals surface area contributed by atoms with Gasteiger partial charge in [0.1, 0.15) is 0 Å². The van der Waals surface area contributed by atoms with E-state index < -0.39 is 0 Å². The fourth-order valence-corrected chi connectivity index (χ4v) is 3.50. The maximum absolute atomic E-state index is 5.85. The van der Waals surface area contributed by atoms with Crippen molar-refractivity contribution in [1.29, 1.82) is 0 Å². The number of thiophene rings is 1. The molecule has 19 heavy (non-hydrogen) atoms. The largest absolute Gasteiger partial charge is 0.378 e. The normalized spacial score (nSPS) is 21.5. The molecule has 2 unspecified atom stereocenters. The zero-order chi connectivity index (χ0) is 13.5. The van der Waals surface area contributed by atoms with Crippen molar-refractivity contribution in [2.75, 3.05) is 13.2 Å². The molecule has 0 bridgehead atoms. The molecule has 3 heteroatoms. The Morgan fingerprint density at radius 2 is 2.37 bits per heavy atom. The minimum atomic E-state index is 0.499. The van der Waals surface area contributed by atoms with Crippen molar-refractivity contribution in [3.05, 3.63) is 21.9 Å². The fraction of sp³-hybridized carbons (Fsp3) is 0.750. The summed E-state index contributed by atoms with van der Waals surface area (Å²) >= 11 is 1.86. The Labute approximate surface area is 121 Å². The topological polar surface area (TPSA) is 21.3 Å². The SMILES string of the molecule is CCCNC(CCC1CCCCO1)c1csc(C)c1. The summed E-state index contributed by atoms with van der Waals surface area (Å²) in [7, 11) is 0. The van der Waals surface area contributed by atoms with E-state index in [0.29, 0.717) is 12.1 Å². The van der Waals surface area contributed by atoms with Gasteiger partial charge in [-0.15, -0.1) is 11.3 Å². The Morgan fingerprint density at radius 1 is 1.47 bits per heavy atom.